The number of aromatic nitrogens is 2. The Morgan fingerprint density at radius 1 is 1.09 bits per heavy atom. The van der Waals surface area contributed by atoms with E-state index >= 15 is 0 Å². The number of nitrogens with zero attached hydrogens (tertiary/aromatic N) is 6. The summed E-state index contributed by atoms with van der Waals surface area (Å²) in [7, 11) is 0. The number of piperazine rings is 1. The highest BCUT2D eigenvalue weighted by atomic mass is 19.4. The molecule has 3 aliphatic heterocycles. The second kappa shape index (κ2) is 12.1. The molecular formula is C30H29F3N8O3. The molecule has 2 fully saturated rings. The molecule has 2 unspecified atom stereocenters. The Bertz CT molecular complexity index is 1570. The van der Waals surface area contributed by atoms with Gasteiger partial charge in [-0.3, -0.25) is 19.9 Å². The second-order valence-electron chi connectivity index (χ2n) is 10.8. The number of hydrogen-bond acceptors (Lipinski definition) is 9. The summed E-state index contributed by atoms with van der Waals surface area (Å²) in [6, 6.07) is 14.3. The first kappa shape index (κ1) is 29.3. The third-order valence-corrected chi connectivity index (χ3v) is 8.27. The van der Waals surface area contributed by atoms with Gasteiger partial charge in [0, 0.05) is 69.3 Å². The Labute approximate surface area is 251 Å². The number of anilines is 1. The molecule has 2 N–H and O–H groups in total. The van der Waals surface area contributed by atoms with Gasteiger partial charge in [-0.25, -0.2) is 15.4 Å². The monoisotopic (exact) mass is 606 g/mol. The van der Waals surface area contributed by atoms with Crippen molar-refractivity contribution >= 4 is 17.6 Å². The zero-order valence-electron chi connectivity index (χ0n) is 23.5. The van der Waals surface area contributed by atoms with Gasteiger partial charge in [0.05, 0.1) is 11.6 Å². The van der Waals surface area contributed by atoms with Gasteiger partial charge in [0.15, 0.2) is 5.92 Å². The van der Waals surface area contributed by atoms with E-state index in [1.807, 2.05) is 35.2 Å². The minimum absolute atomic E-state index is 0.0272. The first-order valence-electron chi connectivity index (χ1n) is 14.1. The normalized spacial score (nSPS) is 22.2. The third kappa shape index (κ3) is 5.88. The zero-order valence-corrected chi connectivity index (χ0v) is 23.5. The second-order valence-corrected chi connectivity index (χ2v) is 10.8. The molecule has 2 amide bonds. The number of hydrogen-bond donors (Lipinski definition) is 2. The van der Waals surface area contributed by atoms with Crippen LogP contribution in [0.1, 0.15) is 33.1 Å². The van der Waals surface area contributed by atoms with Crippen LogP contribution < -0.4 is 20.5 Å². The molecule has 2 aromatic heterocycles. The summed E-state index contributed by atoms with van der Waals surface area (Å²) in [6.45, 7) is 2.20. The molecular weight excluding hydrogens is 577 g/mol. The van der Waals surface area contributed by atoms with Gasteiger partial charge in [-0.1, -0.05) is 24.3 Å². The molecule has 1 aromatic carbocycles. The summed E-state index contributed by atoms with van der Waals surface area (Å²) in [5, 5.41) is 8.98. The van der Waals surface area contributed by atoms with Gasteiger partial charge >= 0.3 is 6.18 Å². The van der Waals surface area contributed by atoms with Gasteiger partial charge in [-0.2, -0.15) is 18.4 Å². The van der Waals surface area contributed by atoms with Crippen LogP contribution in [-0.2, 0) is 11.3 Å². The lowest BCUT2D eigenvalue weighted by molar-refractivity contribution is -0.202. The van der Waals surface area contributed by atoms with Crippen molar-refractivity contribution in [1.29, 1.82) is 5.26 Å². The number of carbonyl (C=O) groups is 2. The van der Waals surface area contributed by atoms with E-state index in [0.717, 1.165) is 16.9 Å². The van der Waals surface area contributed by atoms with Gasteiger partial charge in [0.1, 0.15) is 18.5 Å². The summed E-state index contributed by atoms with van der Waals surface area (Å²) < 4.78 is 48.0. The molecule has 3 aromatic rings. The van der Waals surface area contributed by atoms with Gasteiger partial charge in [0.2, 0.25) is 11.8 Å². The summed E-state index contributed by atoms with van der Waals surface area (Å²) in [5.41, 5.74) is 7.26. The first-order valence-corrected chi connectivity index (χ1v) is 14.1. The molecule has 44 heavy (non-hydrogen) atoms. The topological polar surface area (TPSA) is 127 Å². The van der Waals surface area contributed by atoms with Crippen LogP contribution in [0.25, 0.3) is 0 Å². The third-order valence-electron chi connectivity index (χ3n) is 8.27. The number of amides is 2. The van der Waals surface area contributed by atoms with E-state index in [-0.39, 0.29) is 31.5 Å². The average Bonchev–Trinajstić information content (AvgIpc) is 3.41. The predicted molar refractivity (Wildman–Crippen MR) is 151 cm³/mol. The smallest absolute Gasteiger partial charge is 0.402 e. The minimum Gasteiger partial charge on any atom is -0.476 e. The molecule has 14 heteroatoms. The number of nitrogens with one attached hydrogen (secondary N) is 2. The Balaban J connectivity index is 1.13. The molecule has 0 aliphatic carbocycles. The molecule has 3 atom stereocenters. The number of nitriles is 1. The largest absolute Gasteiger partial charge is 0.476 e. The van der Waals surface area contributed by atoms with E-state index in [0.29, 0.717) is 37.3 Å². The van der Waals surface area contributed by atoms with Crippen molar-refractivity contribution in [3.8, 4) is 11.9 Å². The maximum Gasteiger partial charge on any atom is 0.402 e. The van der Waals surface area contributed by atoms with Crippen LogP contribution in [-0.4, -0.2) is 83.1 Å². The van der Waals surface area contributed by atoms with Gasteiger partial charge in [-0.05, 0) is 29.3 Å². The molecule has 6 rings (SSSR count). The maximum atomic E-state index is 14.0. The summed E-state index contributed by atoms with van der Waals surface area (Å²) in [4.78, 5) is 39.6. The number of halogens is 3. The molecule has 228 valence electrons. The molecule has 2 saturated heterocycles. The van der Waals surface area contributed by atoms with Crippen molar-refractivity contribution in [2.75, 3.05) is 44.2 Å². The maximum absolute atomic E-state index is 14.0. The SMILES string of the molecule is N#Cc1ccc(N2CCN(C(=O)c3ccnc(OC[C@H]4c5ccccc5CN4C4CNNC(=O)C4C(F)(F)F)c3)CC2)nc1. The van der Waals surface area contributed by atoms with Crippen molar-refractivity contribution in [1.82, 2.24) is 30.6 Å². The van der Waals surface area contributed by atoms with Crippen LogP contribution in [0.5, 0.6) is 5.88 Å². The van der Waals surface area contributed by atoms with Crippen molar-refractivity contribution in [2.45, 2.75) is 24.8 Å². The number of hydrazine groups is 1. The van der Waals surface area contributed by atoms with Crippen molar-refractivity contribution < 1.29 is 27.5 Å². The minimum atomic E-state index is -4.72. The van der Waals surface area contributed by atoms with Crippen molar-refractivity contribution in [2.24, 2.45) is 5.92 Å². The van der Waals surface area contributed by atoms with Crippen LogP contribution in [0.4, 0.5) is 19.0 Å². The van der Waals surface area contributed by atoms with Crippen molar-refractivity contribution in [3.05, 3.63) is 83.2 Å². The van der Waals surface area contributed by atoms with Gasteiger partial charge in [-0.15, -0.1) is 0 Å². The molecule has 11 nitrogen and oxygen atoms in total. The number of benzene rings is 1. The van der Waals surface area contributed by atoms with Crippen LogP contribution in [0.15, 0.2) is 60.9 Å². The van der Waals surface area contributed by atoms with Crippen LogP contribution >= 0.6 is 0 Å². The first-order chi connectivity index (χ1) is 21.2. The highest BCUT2D eigenvalue weighted by Crippen LogP contribution is 2.41. The number of carbonyl (C=O) groups excluding carboxylic acids is 2. The van der Waals surface area contributed by atoms with Crippen molar-refractivity contribution in [3.63, 3.8) is 0 Å². The van der Waals surface area contributed by atoms with E-state index in [1.54, 1.807) is 28.0 Å². The van der Waals surface area contributed by atoms with Crippen LogP contribution in [0.3, 0.4) is 0 Å². The number of fused-ring (bicyclic) bond motifs is 1. The van der Waals surface area contributed by atoms with Gasteiger partial charge in [0.25, 0.3) is 5.91 Å². The van der Waals surface area contributed by atoms with E-state index in [2.05, 4.69) is 20.8 Å². The Morgan fingerprint density at radius 3 is 2.61 bits per heavy atom. The Kier molecular flexibility index (Phi) is 8.07. The molecule has 3 aliphatic rings. The van der Waals surface area contributed by atoms with E-state index in [1.165, 1.54) is 18.5 Å². The lowest BCUT2D eigenvalue weighted by Gasteiger charge is -2.40. The summed E-state index contributed by atoms with van der Waals surface area (Å²) in [6.07, 6.45) is -1.74. The standard InChI is InChI=1S/C30H29F3N8O3/c31-30(32,33)27-23(16-37-38-28(27)42)41-17-21-3-1-2-4-22(21)24(41)18-44-26-13-20(7-8-35-26)29(43)40-11-9-39(10-12-40)25-6-5-19(14-34)15-36-25/h1-8,13,15,23-24,27,37H,9-12,16-18H2,(H,38,42)/t23?,24-,27?/m0/s1. The number of ether oxygens (including phenoxy) is 1. The lowest BCUT2D eigenvalue weighted by atomic mass is 9.94. The summed E-state index contributed by atoms with van der Waals surface area (Å²) in [5.74, 6) is -2.60. The Hall–Kier alpha value is -4.74. The van der Waals surface area contributed by atoms with E-state index in [9.17, 15) is 22.8 Å². The molecule has 5 heterocycles. The fourth-order valence-electron chi connectivity index (χ4n) is 6.06. The number of rotatable bonds is 6. The van der Waals surface area contributed by atoms with E-state index in [4.69, 9.17) is 10.00 Å². The predicted octanol–water partition coefficient (Wildman–Crippen LogP) is 2.43. The van der Waals surface area contributed by atoms with E-state index < -0.39 is 30.1 Å². The zero-order chi connectivity index (χ0) is 30.8. The lowest BCUT2D eigenvalue weighted by Crippen LogP contribution is -2.64. The molecule has 0 saturated carbocycles. The number of alkyl halides is 3. The molecule has 0 spiro atoms. The Morgan fingerprint density at radius 2 is 1.89 bits per heavy atom. The summed E-state index contributed by atoms with van der Waals surface area (Å²) >= 11 is 0. The number of pyridine rings is 2. The quantitative estimate of drug-likeness (QED) is 0.435. The fraction of sp³-hybridized carbons (Fsp3) is 0.367. The highest BCUT2D eigenvalue weighted by Gasteiger charge is 2.55. The molecule has 0 bridgehead atoms. The highest BCUT2D eigenvalue weighted by molar-refractivity contribution is 5.94. The van der Waals surface area contributed by atoms with Gasteiger partial charge < -0.3 is 14.5 Å². The fourth-order valence-corrected chi connectivity index (χ4v) is 6.06. The van der Waals surface area contributed by atoms with Crippen LogP contribution in [0, 0.1) is 17.2 Å². The average molecular weight is 607 g/mol. The van der Waals surface area contributed by atoms with Crippen LogP contribution in [0.2, 0.25) is 0 Å². The molecule has 0 radical (unpaired) electrons.